The van der Waals surface area contributed by atoms with Gasteiger partial charge in [-0.25, -0.2) is 0 Å². The first kappa shape index (κ1) is 16.8. The fraction of sp³-hybridized carbons (Fsp3) is 0.400. The molecule has 120 valence electrons. The van der Waals surface area contributed by atoms with Crippen molar-refractivity contribution in [2.75, 3.05) is 0 Å². The molecule has 22 heavy (non-hydrogen) atoms. The van der Waals surface area contributed by atoms with Crippen LogP contribution in [0, 0.1) is 13.8 Å². The number of halogens is 1. The molecule has 0 N–H and O–H groups in total. The largest absolute Gasteiger partial charge is 0.379 e. The molecule has 0 spiro atoms. The highest BCUT2D eigenvalue weighted by Crippen LogP contribution is 2.28. The van der Waals surface area contributed by atoms with E-state index < -0.39 is 10.1 Å². The summed E-state index contributed by atoms with van der Waals surface area (Å²) in [5.41, 5.74) is 0.656. The van der Waals surface area contributed by atoms with Gasteiger partial charge in [0.15, 0.2) is 0 Å². The van der Waals surface area contributed by atoms with E-state index in [4.69, 9.17) is 15.8 Å². The van der Waals surface area contributed by atoms with E-state index in [0.29, 0.717) is 16.4 Å². The summed E-state index contributed by atoms with van der Waals surface area (Å²) in [6.07, 6.45) is 0. The molecule has 5 nitrogen and oxygen atoms in total. The summed E-state index contributed by atoms with van der Waals surface area (Å²) in [7, 11) is -3.95. The van der Waals surface area contributed by atoms with E-state index in [2.05, 4.69) is 5.10 Å². The van der Waals surface area contributed by atoms with Gasteiger partial charge in [-0.2, -0.15) is 13.5 Å². The highest BCUT2D eigenvalue weighted by Gasteiger charge is 2.30. The molecule has 0 radical (unpaired) electrons. The van der Waals surface area contributed by atoms with Crippen LogP contribution in [0.2, 0.25) is 5.02 Å². The predicted molar refractivity (Wildman–Crippen MR) is 86.0 cm³/mol. The molecule has 0 aliphatic carbocycles. The van der Waals surface area contributed by atoms with E-state index in [1.807, 2.05) is 20.8 Å². The van der Waals surface area contributed by atoms with E-state index in [1.165, 1.54) is 12.1 Å². The van der Waals surface area contributed by atoms with Crippen LogP contribution in [0.3, 0.4) is 0 Å². The van der Waals surface area contributed by atoms with Gasteiger partial charge < -0.3 is 4.18 Å². The summed E-state index contributed by atoms with van der Waals surface area (Å²) >= 11 is 5.79. The second-order valence-corrected chi connectivity index (χ2v) is 7.99. The van der Waals surface area contributed by atoms with Crippen LogP contribution in [0.4, 0.5) is 0 Å². The zero-order chi connectivity index (χ0) is 16.7. The van der Waals surface area contributed by atoms with Gasteiger partial charge in [-0.05, 0) is 58.9 Å². The molecule has 0 amide bonds. The van der Waals surface area contributed by atoms with Crippen molar-refractivity contribution in [1.82, 2.24) is 9.78 Å². The average Bonchev–Trinajstić information content (AvgIpc) is 2.68. The van der Waals surface area contributed by atoms with Gasteiger partial charge in [0.1, 0.15) is 10.6 Å². The molecule has 2 aromatic rings. The van der Waals surface area contributed by atoms with Crippen molar-refractivity contribution in [2.45, 2.75) is 45.1 Å². The Hall–Kier alpha value is -1.53. The quantitative estimate of drug-likeness (QED) is 0.798. The Kier molecular flexibility index (Phi) is 4.28. The highest BCUT2D eigenvalue weighted by molar-refractivity contribution is 7.87. The molecule has 0 saturated heterocycles. The van der Waals surface area contributed by atoms with E-state index in [1.54, 1.807) is 30.7 Å². The third kappa shape index (κ3) is 3.28. The van der Waals surface area contributed by atoms with Gasteiger partial charge in [0.2, 0.25) is 0 Å². The van der Waals surface area contributed by atoms with Crippen molar-refractivity contribution in [3.63, 3.8) is 0 Å². The smallest absolute Gasteiger partial charge is 0.342 e. The van der Waals surface area contributed by atoms with Crippen molar-refractivity contribution >= 4 is 21.7 Å². The Bertz CT molecular complexity index is 787. The van der Waals surface area contributed by atoms with Crippen molar-refractivity contribution in [3.05, 3.63) is 40.7 Å². The normalized spacial score (nSPS) is 12.5. The number of rotatable bonds is 3. The molecule has 1 aromatic carbocycles. The zero-order valence-electron chi connectivity index (χ0n) is 13.2. The monoisotopic (exact) mass is 342 g/mol. The van der Waals surface area contributed by atoms with Crippen LogP contribution in [0.1, 0.15) is 32.2 Å². The molecule has 0 atom stereocenters. The lowest BCUT2D eigenvalue weighted by Crippen LogP contribution is -2.24. The van der Waals surface area contributed by atoms with Gasteiger partial charge in [0.25, 0.3) is 0 Å². The number of hydrogen-bond acceptors (Lipinski definition) is 4. The number of nitrogens with zero attached hydrogens (tertiary/aromatic N) is 2. The Balaban J connectivity index is 2.46. The lowest BCUT2D eigenvalue weighted by molar-refractivity contribution is 0.345. The fourth-order valence-electron chi connectivity index (χ4n) is 2.30. The average molecular weight is 343 g/mol. The fourth-order valence-corrected chi connectivity index (χ4v) is 3.73. The second-order valence-electron chi connectivity index (χ2n) is 6.07. The molecule has 2 rings (SSSR count). The van der Waals surface area contributed by atoms with Gasteiger partial charge in [-0.3, -0.25) is 4.68 Å². The first-order chi connectivity index (χ1) is 10.0. The maximum Gasteiger partial charge on any atom is 0.342 e. The first-order valence-electron chi connectivity index (χ1n) is 6.79. The molecule has 0 aliphatic rings. The standard InChI is InChI=1S/C15H19ClN2O3S/c1-10-14(11(2)18(17-10)15(3,4)5)22(19,20)21-13-8-6-12(16)7-9-13/h6-9H,1-5H3. The van der Waals surface area contributed by atoms with Crippen molar-refractivity contribution in [3.8, 4) is 5.75 Å². The highest BCUT2D eigenvalue weighted by atomic mass is 35.5. The third-order valence-electron chi connectivity index (χ3n) is 3.13. The SMILES string of the molecule is Cc1nn(C(C)(C)C)c(C)c1S(=O)(=O)Oc1ccc(Cl)cc1. The minimum absolute atomic E-state index is 0.109. The first-order valence-corrected chi connectivity index (χ1v) is 8.58. The summed E-state index contributed by atoms with van der Waals surface area (Å²) in [4.78, 5) is 0.109. The molecule has 0 unspecified atom stereocenters. The summed E-state index contributed by atoms with van der Waals surface area (Å²) in [6.45, 7) is 9.27. The Morgan fingerprint density at radius 2 is 1.68 bits per heavy atom. The maximum atomic E-state index is 12.6. The Morgan fingerprint density at radius 1 is 1.14 bits per heavy atom. The van der Waals surface area contributed by atoms with Crippen molar-refractivity contribution in [1.29, 1.82) is 0 Å². The van der Waals surface area contributed by atoms with Gasteiger partial charge in [0.05, 0.1) is 16.9 Å². The van der Waals surface area contributed by atoms with Crippen LogP contribution in [-0.2, 0) is 15.7 Å². The van der Waals surface area contributed by atoms with Crippen LogP contribution >= 0.6 is 11.6 Å². The van der Waals surface area contributed by atoms with Crippen LogP contribution in [0.5, 0.6) is 5.75 Å². The molecule has 7 heteroatoms. The molecular weight excluding hydrogens is 324 g/mol. The van der Waals surface area contributed by atoms with E-state index in [9.17, 15) is 8.42 Å². The zero-order valence-corrected chi connectivity index (χ0v) is 14.8. The maximum absolute atomic E-state index is 12.6. The van der Waals surface area contributed by atoms with E-state index in [0.717, 1.165) is 0 Å². The van der Waals surface area contributed by atoms with E-state index in [-0.39, 0.29) is 16.2 Å². The van der Waals surface area contributed by atoms with Crippen LogP contribution in [0.15, 0.2) is 29.2 Å². The second kappa shape index (κ2) is 5.59. The summed E-state index contributed by atoms with van der Waals surface area (Å²) in [6, 6.07) is 6.17. The van der Waals surface area contributed by atoms with Gasteiger partial charge in [0, 0.05) is 5.02 Å². The van der Waals surface area contributed by atoms with Crippen LogP contribution in [-0.4, -0.2) is 18.2 Å². The van der Waals surface area contributed by atoms with Gasteiger partial charge in [-0.15, -0.1) is 0 Å². The summed E-state index contributed by atoms with van der Waals surface area (Å²) in [5, 5.41) is 4.85. The minimum Gasteiger partial charge on any atom is -0.379 e. The summed E-state index contributed by atoms with van der Waals surface area (Å²) < 4.78 is 32.0. The van der Waals surface area contributed by atoms with Crippen LogP contribution in [0.25, 0.3) is 0 Å². The third-order valence-corrected chi connectivity index (χ3v) is 4.88. The molecule has 1 heterocycles. The Labute approximate surface area is 136 Å². The lowest BCUT2D eigenvalue weighted by Gasteiger charge is -2.21. The van der Waals surface area contributed by atoms with Gasteiger partial charge in [-0.1, -0.05) is 11.6 Å². The topological polar surface area (TPSA) is 61.2 Å². The molecule has 0 saturated carbocycles. The molecule has 0 aliphatic heterocycles. The molecule has 0 fully saturated rings. The van der Waals surface area contributed by atoms with Crippen molar-refractivity contribution < 1.29 is 12.6 Å². The number of aryl methyl sites for hydroxylation is 1. The Morgan fingerprint density at radius 3 is 2.14 bits per heavy atom. The minimum atomic E-state index is -3.95. The molecule has 1 aromatic heterocycles. The summed E-state index contributed by atoms with van der Waals surface area (Å²) in [5.74, 6) is 0.215. The number of hydrogen-bond donors (Lipinski definition) is 0. The van der Waals surface area contributed by atoms with E-state index >= 15 is 0 Å². The lowest BCUT2D eigenvalue weighted by atomic mass is 10.1. The van der Waals surface area contributed by atoms with Crippen LogP contribution < -0.4 is 4.18 Å². The van der Waals surface area contributed by atoms with Crippen molar-refractivity contribution in [2.24, 2.45) is 0 Å². The molecular formula is C15H19ClN2O3S. The number of aromatic nitrogens is 2. The van der Waals surface area contributed by atoms with Gasteiger partial charge >= 0.3 is 10.1 Å². The number of benzene rings is 1. The predicted octanol–water partition coefficient (Wildman–Crippen LogP) is 3.68. The molecule has 0 bridgehead atoms.